The summed E-state index contributed by atoms with van der Waals surface area (Å²) in [5.74, 6) is 0.588. The predicted molar refractivity (Wildman–Crippen MR) is 79.2 cm³/mol. The van der Waals surface area contributed by atoms with Crippen molar-refractivity contribution in [1.29, 1.82) is 0 Å². The van der Waals surface area contributed by atoms with Gasteiger partial charge in [0.2, 0.25) is 0 Å². The highest BCUT2D eigenvalue weighted by Gasteiger charge is 2.12. The molecular weight excluding hydrogens is 254 g/mol. The van der Waals surface area contributed by atoms with Crippen LogP contribution >= 0.6 is 0 Å². The molecule has 1 saturated heterocycles. The summed E-state index contributed by atoms with van der Waals surface area (Å²) in [6.45, 7) is 4.54. The van der Waals surface area contributed by atoms with Gasteiger partial charge in [0.1, 0.15) is 5.75 Å². The number of hydrogen-bond acceptors (Lipinski definition) is 4. The molecule has 1 aliphatic rings. The van der Waals surface area contributed by atoms with Crippen molar-refractivity contribution in [2.24, 2.45) is 5.10 Å². The lowest BCUT2D eigenvalue weighted by molar-refractivity contribution is 0.0954. The van der Waals surface area contributed by atoms with E-state index in [0.717, 1.165) is 37.4 Å². The summed E-state index contributed by atoms with van der Waals surface area (Å²) in [6, 6.07) is 7.08. The normalized spacial score (nSPS) is 15.8. The standard InChI is InChI=1S/C15H21N3O2/c1-3-20-14-6-4-12(5-7-14)15(19)17-16-13-8-10-18(2)11-9-13/h4-7H,3,8-11H2,1-2H3,(H,17,19). The number of piperidine rings is 1. The first kappa shape index (κ1) is 14.5. The molecular formula is C15H21N3O2. The molecule has 1 fully saturated rings. The molecule has 20 heavy (non-hydrogen) atoms. The number of nitrogens with zero attached hydrogens (tertiary/aromatic N) is 2. The Morgan fingerprint density at radius 3 is 2.55 bits per heavy atom. The summed E-state index contributed by atoms with van der Waals surface area (Å²) >= 11 is 0. The maximum absolute atomic E-state index is 12.0. The van der Waals surface area contributed by atoms with Gasteiger partial charge < -0.3 is 9.64 Å². The molecule has 0 aliphatic carbocycles. The van der Waals surface area contributed by atoms with E-state index in [1.807, 2.05) is 6.92 Å². The fourth-order valence-corrected chi connectivity index (χ4v) is 2.05. The van der Waals surface area contributed by atoms with Crippen molar-refractivity contribution in [2.45, 2.75) is 19.8 Å². The zero-order valence-corrected chi connectivity index (χ0v) is 12.1. The minimum Gasteiger partial charge on any atom is -0.494 e. The van der Waals surface area contributed by atoms with E-state index in [1.165, 1.54) is 0 Å². The second-order valence-electron chi connectivity index (χ2n) is 4.88. The summed E-state index contributed by atoms with van der Waals surface area (Å²) < 4.78 is 5.34. The number of rotatable bonds is 4. The van der Waals surface area contributed by atoms with Gasteiger partial charge in [-0.3, -0.25) is 4.79 Å². The van der Waals surface area contributed by atoms with Gasteiger partial charge in [-0.15, -0.1) is 0 Å². The van der Waals surface area contributed by atoms with E-state index in [1.54, 1.807) is 24.3 Å². The Bertz CT molecular complexity index is 472. The van der Waals surface area contributed by atoms with Crippen LogP contribution in [0.15, 0.2) is 29.4 Å². The smallest absolute Gasteiger partial charge is 0.271 e. The van der Waals surface area contributed by atoms with Crippen LogP contribution in [0.2, 0.25) is 0 Å². The van der Waals surface area contributed by atoms with Crippen LogP contribution in [0.4, 0.5) is 0 Å². The van der Waals surface area contributed by atoms with Gasteiger partial charge in [-0.25, -0.2) is 5.43 Å². The van der Waals surface area contributed by atoms with E-state index in [9.17, 15) is 4.79 Å². The Hall–Kier alpha value is -1.88. The molecule has 108 valence electrons. The third kappa shape index (κ3) is 4.06. The number of hydrogen-bond donors (Lipinski definition) is 1. The predicted octanol–water partition coefficient (Wildman–Crippen LogP) is 1.90. The number of carbonyl (C=O) groups is 1. The van der Waals surface area contributed by atoms with Crippen LogP contribution < -0.4 is 10.2 Å². The molecule has 1 aromatic carbocycles. The average Bonchev–Trinajstić information content (AvgIpc) is 2.47. The lowest BCUT2D eigenvalue weighted by Gasteiger charge is -2.22. The van der Waals surface area contributed by atoms with Gasteiger partial charge in [-0.1, -0.05) is 0 Å². The van der Waals surface area contributed by atoms with Crippen molar-refractivity contribution in [3.63, 3.8) is 0 Å². The van der Waals surface area contributed by atoms with E-state index in [-0.39, 0.29) is 5.91 Å². The molecule has 0 radical (unpaired) electrons. The topological polar surface area (TPSA) is 53.9 Å². The van der Waals surface area contributed by atoms with E-state index in [4.69, 9.17) is 4.74 Å². The third-order valence-corrected chi connectivity index (χ3v) is 3.31. The molecule has 0 unspecified atom stereocenters. The average molecular weight is 275 g/mol. The van der Waals surface area contributed by atoms with Crippen molar-refractivity contribution in [3.05, 3.63) is 29.8 Å². The Morgan fingerprint density at radius 2 is 1.95 bits per heavy atom. The van der Waals surface area contributed by atoms with Gasteiger partial charge in [0.05, 0.1) is 6.61 Å². The number of likely N-dealkylation sites (tertiary alicyclic amines) is 1. The molecule has 0 atom stereocenters. The Kier molecular flexibility index (Phi) is 5.12. The fourth-order valence-electron chi connectivity index (χ4n) is 2.05. The lowest BCUT2D eigenvalue weighted by Crippen LogP contribution is -2.32. The van der Waals surface area contributed by atoms with Crippen LogP contribution in [0.3, 0.4) is 0 Å². The molecule has 1 heterocycles. The monoisotopic (exact) mass is 275 g/mol. The summed E-state index contributed by atoms with van der Waals surface area (Å²) in [4.78, 5) is 14.2. The van der Waals surface area contributed by atoms with Crippen LogP contribution in [-0.2, 0) is 0 Å². The molecule has 0 spiro atoms. The minimum atomic E-state index is -0.181. The first-order chi connectivity index (χ1) is 9.69. The fraction of sp³-hybridized carbons (Fsp3) is 0.467. The first-order valence-corrected chi connectivity index (χ1v) is 6.96. The summed E-state index contributed by atoms with van der Waals surface area (Å²) in [5, 5.41) is 4.21. The molecule has 2 rings (SSSR count). The number of nitrogens with one attached hydrogen (secondary N) is 1. The van der Waals surface area contributed by atoms with Gasteiger partial charge in [0.15, 0.2) is 0 Å². The molecule has 1 N–H and O–H groups in total. The maximum Gasteiger partial charge on any atom is 0.271 e. The largest absolute Gasteiger partial charge is 0.494 e. The van der Waals surface area contributed by atoms with E-state index < -0.39 is 0 Å². The molecule has 5 heteroatoms. The first-order valence-electron chi connectivity index (χ1n) is 6.96. The molecule has 1 aromatic rings. The Labute approximate surface area is 119 Å². The number of amides is 1. The zero-order chi connectivity index (χ0) is 14.4. The van der Waals surface area contributed by atoms with Gasteiger partial charge in [-0.05, 0) is 38.2 Å². The number of ether oxygens (including phenoxy) is 1. The molecule has 1 amide bonds. The quantitative estimate of drug-likeness (QED) is 0.854. The SMILES string of the molecule is CCOc1ccc(C(=O)NN=C2CCN(C)CC2)cc1. The number of benzene rings is 1. The highest BCUT2D eigenvalue weighted by Crippen LogP contribution is 2.12. The van der Waals surface area contributed by atoms with Crippen LogP contribution in [-0.4, -0.2) is 43.3 Å². The second kappa shape index (κ2) is 7.05. The zero-order valence-electron chi connectivity index (χ0n) is 12.1. The van der Waals surface area contributed by atoms with Crippen molar-refractivity contribution in [3.8, 4) is 5.75 Å². The van der Waals surface area contributed by atoms with Crippen LogP contribution in [0.1, 0.15) is 30.1 Å². The van der Waals surface area contributed by atoms with E-state index in [0.29, 0.717) is 12.2 Å². The molecule has 0 aromatic heterocycles. The van der Waals surface area contributed by atoms with Gasteiger partial charge in [-0.2, -0.15) is 5.10 Å². The number of hydrazone groups is 1. The van der Waals surface area contributed by atoms with Crippen LogP contribution in [0, 0.1) is 0 Å². The molecule has 5 nitrogen and oxygen atoms in total. The van der Waals surface area contributed by atoms with Crippen LogP contribution in [0.25, 0.3) is 0 Å². The summed E-state index contributed by atoms with van der Waals surface area (Å²) in [5.41, 5.74) is 4.27. The minimum absolute atomic E-state index is 0.181. The van der Waals surface area contributed by atoms with Gasteiger partial charge in [0, 0.05) is 37.2 Å². The summed E-state index contributed by atoms with van der Waals surface area (Å²) in [6.07, 6.45) is 1.83. The van der Waals surface area contributed by atoms with Gasteiger partial charge >= 0.3 is 0 Å². The number of carbonyl (C=O) groups excluding carboxylic acids is 1. The Morgan fingerprint density at radius 1 is 1.30 bits per heavy atom. The highest BCUT2D eigenvalue weighted by atomic mass is 16.5. The van der Waals surface area contributed by atoms with E-state index >= 15 is 0 Å². The van der Waals surface area contributed by atoms with Crippen molar-refractivity contribution in [1.82, 2.24) is 10.3 Å². The Balaban J connectivity index is 1.89. The third-order valence-electron chi connectivity index (χ3n) is 3.31. The van der Waals surface area contributed by atoms with Crippen molar-refractivity contribution >= 4 is 11.6 Å². The summed E-state index contributed by atoms with van der Waals surface area (Å²) in [7, 11) is 2.09. The molecule has 0 saturated carbocycles. The molecule has 1 aliphatic heterocycles. The lowest BCUT2D eigenvalue weighted by atomic mass is 10.1. The van der Waals surface area contributed by atoms with Gasteiger partial charge in [0.25, 0.3) is 5.91 Å². The maximum atomic E-state index is 12.0. The second-order valence-corrected chi connectivity index (χ2v) is 4.88. The highest BCUT2D eigenvalue weighted by molar-refractivity contribution is 5.95. The van der Waals surface area contributed by atoms with Crippen molar-refractivity contribution < 1.29 is 9.53 Å². The van der Waals surface area contributed by atoms with E-state index in [2.05, 4.69) is 22.5 Å². The van der Waals surface area contributed by atoms with Crippen LogP contribution in [0.5, 0.6) is 5.75 Å². The van der Waals surface area contributed by atoms with Crippen molar-refractivity contribution in [2.75, 3.05) is 26.7 Å². The molecule has 0 bridgehead atoms.